The number of aryl methyl sites for hydroxylation is 1. The molecule has 0 saturated heterocycles. The standard InChI is InChI=1S/C15H23NO3/c1-4-13(15(18)19)16(5-2)10-14(17)12-8-6-11(3)7-9-12/h6-9,13-14,17H,4-5,10H2,1-3H3,(H,18,19)/t13-,14+/m0/s1. The zero-order chi connectivity index (χ0) is 14.4. The Morgan fingerprint density at radius 2 is 1.84 bits per heavy atom. The van der Waals surface area contributed by atoms with Gasteiger partial charge in [0.25, 0.3) is 0 Å². The van der Waals surface area contributed by atoms with Gasteiger partial charge in [-0.2, -0.15) is 0 Å². The van der Waals surface area contributed by atoms with E-state index in [1.807, 2.05) is 45.0 Å². The second kappa shape index (κ2) is 7.26. The molecule has 0 radical (unpaired) electrons. The lowest BCUT2D eigenvalue weighted by Gasteiger charge is -2.29. The first-order valence-corrected chi connectivity index (χ1v) is 6.71. The van der Waals surface area contributed by atoms with E-state index in [4.69, 9.17) is 0 Å². The Balaban J connectivity index is 2.74. The molecule has 1 aromatic carbocycles. The fourth-order valence-corrected chi connectivity index (χ4v) is 2.18. The summed E-state index contributed by atoms with van der Waals surface area (Å²) >= 11 is 0. The summed E-state index contributed by atoms with van der Waals surface area (Å²) in [5, 5.41) is 19.4. The summed E-state index contributed by atoms with van der Waals surface area (Å²) in [4.78, 5) is 13.0. The Bertz CT molecular complexity index is 402. The molecular formula is C15H23NO3. The summed E-state index contributed by atoms with van der Waals surface area (Å²) in [6.45, 7) is 6.69. The molecule has 0 amide bonds. The van der Waals surface area contributed by atoms with Gasteiger partial charge in [0.15, 0.2) is 0 Å². The lowest BCUT2D eigenvalue weighted by Crippen LogP contribution is -2.42. The molecule has 4 heteroatoms. The zero-order valence-electron chi connectivity index (χ0n) is 11.8. The molecule has 0 fully saturated rings. The van der Waals surface area contributed by atoms with E-state index in [0.717, 1.165) is 11.1 Å². The Kier molecular flexibility index (Phi) is 5.99. The molecule has 0 bridgehead atoms. The number of rotatable bonds is 7. The van der Waals surface area contributed by atoms with Crippen molar-refractivity contribution < 1.29 is 15.0 Å². The number of carboxylic acid groups (broad SMARTS) is 1. The molecule has 4 nitrogen and oxygen atoms in total. The summed E-state index contributed by atoms with van der Waals surface area (Å²) in [5.74, 6) is -0.833. The molecule has 0 saturated carbocycles. The zero-order valence-corrected chi connectivity index (χ0v) is 11.8. The van der Waals surface area contributed by atoms with Crippen LogP contribution in [-0.2, 0) is 4.79 Å². The Hall–Kier alpha value is -1.39. The van der Waals surface area contributed by atoms with Crippen molar-refractivity contribution in [3.05, 3.63) is 35.4 Å². The smallest absolute Gasteiger partial charge is 0.320 e. The molecule has 1 aromatic rings. The highest BCUT2D eigenvalue weighted by Crippen LogP contribution is 2.17. The molecule has 0 spiro atoms. The minimum Gasteiger partial charge on any atom is -0.480 e. The number of hydrogen-bond acceptors (Lipinski definition) is 3. The van der Waals surface area contributed by atoms with Gasteiger partial charge < -0.3 is 10.2 Å². The number of benzene rings is 1. The van der Waals surface area contributed by atoms with E-state index in [-0.39, 0.29) is 0 Å². The molecule has 2 N–H and O–H groups in total. The lowest BCUT2D eigenvalue weighted by atomic mass is 10.1. The molecule has 0 aliphatic carbocycles. The number of likely N-dealkylation sites (N-methyl/N-ethyl adjacent to an activating group) is 1. The fourth-order valence-electron chi connectivity index (χ4n) is 2.18. The van der Waals surface area contributed by atoms with Crippen molar-refractivity contribution >= 4 is 5.97 Å². The number of aliphatic hydroxyl groups is 1. The molecule has 19 heavy (non-hydrogen) atoms. The second-order valence-corrected chi connectivity index (χ2v) is 4.78. The third-order valence-electron chi connectivity index (χ3n) is 3.39. The van der Waals surface area contributed by atoms with Crippen LogP contribution in [0.3, 0.4) is 0 Å². The van der Waals surface area contributed by atoms with Gasteiger partial charge in [-0.3, -0.25) is 9.69 Å². The highest BCUT2D eigenvalue weighted by molar-refractivity contribution is 5.73. The molecule has 0 aliphatic heterocycles. The molecular weight excluding hydrogens is 242 g/mol. The van der Waals surface area contributed by atoms with Crippen molar-refractivity contribution in [3.63, 3.8) is 0 Å². The summed E-state index contributed by atoms with van der Waals surface area (Å²) in [6, 6.07) is 7.13. The third-order valence-corrected chi connectivity index (χ3v) is 3.39. The van der Waals surface area contributed by atoms with Crippen molar-refractivity contribution in [1.82, 2.24) is 4.90 Å². The van der Waals surface area contributed by atoms with Crippen LogP contribution >= 0.6 is 0 Å². The number of nitrogens with zero attached hydrogens (tertiary/aromatic N) is 1. The minimum absolute atomic E-state index is 0.338. The Labute approximate surface area is 114 Å². The van der Waals surface area contributed by atoms with Gasteiger partial charge >= 0.3 is 5.97 Å². The lowest BCUT2D eigenvalue weighted by molar-refractivity contribution is -0.143. The van der Waals surface area contributed by atoms with E-state index in [1.165, 1.54) is 0 Å². The quantitative estimate of drug-likeness (QED) is 0.793. The van der Waals surface area contributed by atoms with Crippen molar-refractivity contribution in [2.24, 2.45) is 0 Å². The maximum absolute atomic E-state index is 11.2. The van der Waals surface area contributed by atoms with Crippen molar-refractivity contribution in [1.29, 1.82) is 0 Å². The van der Waals surface area contributed by atoms with Crippen LogP contribution in [0.1, 0.15) is 37.5 Å². The Morgan fingerprint density at radius 1 is 1.26 bits per heavy atom. The largest absolute Gasteiger partial charge is 0.480 e. The highest BCUT2D eigenvalue weighted by atomic mass is 16.4. The van der Waals surface area contributed by atoms with Gasteiger partial charge in [0.2, 0.25) is 0 Å². The van der Waals surface area contributed by atoms with Gasteiger partial charge in [-0.15, -0.1) is 0 Å². The molecule has 106 valence electrons. The van der Waals surface area contributed by atoms with Gasteiger partial charge in [-0.05, 0) is 25.5 Å². The molecule has 0 aliphatic rings. The van der Waals surface area contributed by atoms with E-state index in [2.05, 4.69) is 0 Å². The van der Waals surface area contributed by atoms with Gasteiger partial charge in [-0.25, -0.2) is 0 Å². The first-order chi connectivity index (χ1) is 8.99. The van der Waals surface area contributed by atoms with Crippen LogP contribution in [0, 0.1) is 6.92 Å². The summed E-state index contributed by atoms with van der Waals surface area (Å²) in [6.07, 6.45) is -0.127. The first-order valence-electron chi connectivity index (χ1n) is 6.71. The molecule has 0 heterocycles. The number of aliphatic hydroxyl groups excluding tert-OH is 1. The number of carbonyl (C=O) groups is 1. The van der Waals surface area contributed by atoms with Crippen LogP contribution in [0.5, 0.6) is 0 Å². The third kappa shape index (κ3) is 4.33. The van der Waals surface area contributed by atoms with Crippen LogP contribution < -0.4 is 0 Å². The Morgan fingerprint density at radius 3 is 2.26 bits per heavy atom. The van der Waals surface area contributed by atoms with Crippen molar-refractivity contribution in [3.8, 4) is 0 Å². The SMILES string of the molecule is CC[C@@H](C(=O)O)N(CC)C[C@@H](O)c1ccc(C)cc1. The van der Waals surface area contributed by atoms with E-state index < -0.39 is 18.1 Å². The summed E-state index contributed by atoms with van der Waals surface area (Å²) < 4.78 is 0. The minimum atomic E-state index is -0.833. The van der Waals surface area contributed by atoms with E-state index in [9.17, 15) is 15.0 Å². The number of carboxylic acids is 1. The second-order valence-electron chi connectivity index (χ2n) is 4.78. The van der Waals surface area contributed by atoms with E-state index in [0.29, 0.717) is 19.5 Å². The number of aliphatic carboxylic acids is 1. The van der Waals surface area contributed by atoms with E-state index >= 15 is 0 Å². The maximum Gasteiger partial charge on any atom is 0.320 e. The maximum atomic E-state index is 11.2. The van der Waals surface area contributed by atoms with Gasteiger partial charge in [-0.1, -0.05) is 43.7 Å². The molecule has 0 unspecified atom stereocenters. The normalized spacial score (nSPS) is 14.4. The van der Waals surface area contributed by atoms with Crippen LogP contribution in [0.25, 0.3) is 0 Å². The van der Waals surface area contributed by atoms with Crippen molar-refractivity contribution in [2.75, 3.05) is 13.1 Å². The van der Waals surface area contributed by atoms with Crippen LogP contribution in [0.2, 0.25) is 0 Å². The fraction of sp³-hybridized carbons (Fsp3) is 0.533. The topological polar surface area (TPSA) is 60.8 Å². The predicted octanol–water partition coefficient (Wildman–Crippen LogP) is 2.21. The van der Waals surface area contributed by atoms with Crippen LogP contribution in [0.4, 0.5) is 0 Å². The molecule has 2 atom stereocenters. The van der Waals surface area contributed by atoms with E-state index in [1.54, 1.807) is 4.90 Å². The van der Waals surface area contributed by atoms with Crippen LogP contribution in [0.15, 0.2) is 24.3 Å². The molecule has 1 rings (SSSR count). The average Bonchev–Trinajstić information content (AvgIpc) is 2.38. The number of hydrogen-bond donors (Lipinski definition) is 2. The first kappa shape index (κ1) is 15.7. The van der Waals surface area contributed by atoms with Gasteiger partial charge in [0.1, 0.15) is 6.04 Å². The van der Waals surface area contributed by atoms with Crippen LogP contribution in [-0.4, -0.2) is 40.2 Å². The average molecular weight is 265 g/mol. The van der Waals surface area contributed by atoms with Gasteiger partial charge in [0.05, 0.1) is 6.10 Å². The monoisotopic (exact) mass is 265 g/mol. The summed E-state index contributed by atoms with van der Waals surface area (Å²) in [7, 11) is 0. The highest BCUT2D eigenvalue weighted by Gasteiger charge is 2.24. The molecule has 0 aromatic heterocycles. The predicted molar refractivity (Wildman–Crippen MR) is 75.1 cm³/mol. The van der Waals surface area contributed by atoms with Gasteiger partial charge in [0, 0.05) is 6.54 Å². The van der Waals surface area contributed by atoms with Crippen molar-refractivity contribution in [2.45, 2.75) is 39.3 Å². The summed E-state index contributed by atoms with van der Waals surface area (Å²) in [5.41, 5.74) is 1.96.